The van der Waals surface area contributed by atoms with E-state index < -0.39 is 41.6 Å². The largest absolute Gasteiger partial charge is 0.480 e. The maximum Gasteiger partial charge on any atom is 0.323 e. The zero-order valence-corrected chi connectivity index (χ0v) is 20.5. The van der Waals surface area contributed by atoms with Crippen LogP contribution in [0.3, 0.4) is 0 Å². The van der Waals surface area contributed by atoms with Crippen LogP contribution in [-0.2, 0) is 32.1 Å². The third kappa shape index (κ3) is 6.13. The van der Waals surface area contributed by atoms with E-state index in [0.717, 1.165) is 11.1 Å². The van der Waals surface area contributed by atoms with Gasteiger partial charge in [0, 0.05) is 4.90 Å². The van der Waals surface area contributed by atoms with E-state index in [1.807, 2.05) is 66.7 Å². The number of carboxylic acid groups (broad SMARTS) is 1. The van der Waals surface area contributed by atoms with Crippen molar-refractivity contribution in [2.75, 3.05) is 11.4 Å². The van der Waals surface area contributed by atoms with Crippen LogP contribution in [0.5, 0.6) is 0 Å². The normalized spacial score (nSPS) is 18.1. The van der Waals surface area contributed by atoms with Gasteiger partial charge in [0.05, 0.1) is 22.9 Å². The van der Waals surface area contributed by atoms with Crippen molar-refractivity contribution in [3.63, 3.8) is 0 Å². The second-order valence-corrected chi connectivity index (χ2v) is 9.84. The van der Waals surface area contributed by atoms with Crippen molar-refractivity contribution in [3.8, 4) is 0 Å². The second kappa shape index (κ2) is 11.9. The standard InChI is InChI=1S/C28H28N2O5S/c29-26-25(27(33)30(17-24(31)32)22-13-7-8-14-23(22)36-26)21(16-15-19-9-3-1-4-10-19)28(34)35-18-20-11-5-2-6-12-20/h1-14,21,25-26H,15-18,29H2,(H,31,32)/t21?,25-,26?/m0/s1. The lowest BCUT2D eigenvalue weighted by Gasteiger charge is -2.30. The summed E-state index contributed by atoms with van der Waals surface area (Å²) in [4.78, 5) is 40.9. The molecule has 0 aromatic heterocycles. The van der Waals surface area contributed by atoms with Crippen LogP contribution in [0.15, 0.2) is 89.8 Å². The van der Waals surface area contributed by atoms with Crippen molar-refractivity contribution in [3.05, 3.63) is 96.1 Å². The van der Waals surface area contributed by atoms with Gasteiger partial charge in [-0.3, -0.25) is 19.3 Å². The number of carbonyl (C=O) groups is 3. The number of carboxylic acids is 1. The Morgan fingerprint density at radius 1 is 0.944 bits per heavy atom. The summed E-state index contributed by atoms with van der Waals surface area (Å²) < 4.78 is 5.67. The Bertz CT molecular complexity index is 1200. The first-order valence-electron chi connectivity index (χ1n) is 11.7. The number of thioether (sulfide) groups is 1. The Morgan fingerprint density at radius 2 is 1.56 bits per heavy atom. The average Bonchev–Trinajstić information content (AvgIpc) is 2.98. The van der Waals surface area contributed by atoms with Gasteiger partial charge in [0.15, 0.2) is 0 Å². The number of amides is 1. The molecule has 0 spiro atoms. The number of para-hydroxylation sites is 1. The maximum atomic E-state index is 13.8. The number of nitrogens with two attached hydrogens (primary N) is 1. The highest BCUT2D eigenvalue weighted by molar-refractivity contribution is 8.00. The second-order valence-electron chi connectivity index (χ2n) is 8.62. The minimum Gasteiger partial charge on any atom is -0.480 e. The SMILES string of the molecule is NC1Sc2ccccc2N(CC(=O)O)C(=O)[C@H]1C(CCc1ccccc1)C(=O)OCc1ccccc1. The van der Waals surface area contributed by atoms with E-state index in [0.29, 0.717) is 23.4 Å². The van der Waals surface area contributed by atoms with Crippen LogP contribution >= 0.6 is 11.8 Å². The minimum atomic E-state index is -1.15. The smallest absolute Gasteiger partial charge is 0.323 e. The number of rotatable bonds is 9. The van der Waals surface area contributed by atoms with E-state index in [4.69, 9.17) is 10.5 Å². The van der Waals surface area contributed by atoms with Crippen molar-refractivity contribution >= 4 is 35.3 Å². The monoisotopic (exact) mass is 504 g/mol. The maximum absolute atomic E-state index is 13.8. The lowest BCUT2D eigenvalue weighted by atomic mass is 9.85. The molecule has 3 N–H and O–H groups in total. The van der Waals surface area contributed by atoms with Crippen LogP contribution < -0.4 is 10.6 Å². The highest BCUT2D eigenvalue weighted by Crippen LogP contribution is 2.41. The lowest BCUT2D eigenvalue weighted by Crippen LogP contribution is -2.49. The molecule has 0 aliphatic carbocycles. The van der Waals surface area contributed by atoms with Crippen LogP contribution in [0.1, 0.15) is 17.5 Å². The summed E-state index contributed by atoms with van der Waals surface area (Å²) in [5, 5.41) is 8.78. The fourth-order valence-corrected chi connectivity index (χ4v) is 5.59. The van der Waals surface area contributed by atoms with Crippen LogP contribution in [0.4, 0.5) is 5.69 Å². The number of nitrogens with zero attached hydrogens (tertiary/aromatic N) is 1. The van der Waals surface area contributed by atoms with Crippen molar-refractivity contribution < 1.29 is 24.2 Å². The van der Waals surface area contributed by atoms with E-state index in [2.05, 4.69) is 0 Å². The predicted octanol–water partition coefficient (Wildman–Crippen LogP) is 4.10. The number of hydrogen-bond donors (Lipinski definition) is 2. The fraction of sp³-hybridized carbons (Fsp3) is 0.250. The van der Waals surface area contributed by atoms with Gasteiger partial charge in [-0.25, -0.2) is 0 Å². The van der Waals surface area contributed by atoms with E-state index in [1.165, 1.54) is 16.7 Å². The van der Waals surface area contributed by atoms with Crippen LogP contribution in [0.2, 0.25) is 0 Å². The third-order valence-electron chi connectivity index (χ3n) is 6.16. The van der Waals surface area contributed by atoms with Gasteiger partial charge in [0.1, 0.15) is 13.2 Å². The highest BCUT2D eigenvalue weighted by atomic mass is 32.2. The number of aryl methyl sites for hydroxylation is 1. The van der Waals surface area contributed by atoms with Gasteiger partial charge in [-0.1, -0.05) is 72.8 Å². The van der Waals surface area contributed by atoms with Crippen LogP contribution in [0, 0.1) is 11.8 Å². The summed E-state index contributed by atoms with van der Waals surface area (Å²) in [5.74, 6) is -3.98. The molecular formula is C28H28N2O5S. The van der Waals surface area contributed by atoms with Crippen LogP contribution in [-0.4, -0.2) is 34.9 Å². The summed E-state index contributed by atoms with van der Waals surface area (Å²) in [5.41, 5.74) is 8.88. The topological polar surface area (TPSA) is 110 Å². The first-order chi connectivity index (χ1) is 17.4. The number of ether oxygens (including phenoxy) is 1. The molecule has 1 amide bonds. The molecular weight excluding hydrogens is 476 g/mol. The molecule has 8 heteroatoms. The molecule has 3 atom stereocenters. The van der Waals surface area contributed by atoms with Gasteiger partial charge in [-0.15, -0.1) is 11.8 Å². The summed E-state index contributed by atoms with van der Waals surface area (Å²) >= 11 is 1.27. The molecule has 0 saturated heterocycles. The Morgan fingerprint density at radius 3 is 2.22 bits per heavy atom. The average molecular weight is 505 g/mol. The zero-order chi connectivity index (χ0) is 25.5. The van der Waals surface area contributed by atoms with Crippen molar-refractivity contribution in [2.45, 2.75) is 29.7 Å². The van der Waals surface area contributed by atoms with Gasteiger partial charge in [0.25, 0.3) is 0 Å². The summed E-state index contributed by atoms with van der Waals surface area (Å²) in [6.45, 7) is -0.450. The number of hydrogen-bond acceptors (Lipinski definition) is 6. The number of benzene rings is 3. The molecule has 0 bridgehead atoms. The zero-order valence-electron chi connectivity index (χ0n) is 19.7. The van der Waals surface area contributed by atoms with Gasteiger partial charge < -0.3 is 15.6 Å². The summed E-state index contributed by atoms with van der Waals surface area (Å²) in [7, 11) is 0. The molecule has 1 aliphatic rings. The van der Waals surface area contributed by atoms with Gasteiger partial charge in [0.2, 0.25) is 5.91 Å². The molecule has 36 heavy (non-hydrogen) atoms. The summed E-state index contributed by atoms with van der Waals surface area (Å²) in [6.07, 6.45) is 0.874. The summed E-state index contributed by atoms with van der Waals surface area (Å²) in [6, 6.07) is 26.0. The van der Waals surface area contributed by atoms with Gasteiger partial charge in [-0.2, -0.15) is 0 Å². The lowest BCUT2D eigenvalue weighted by molar-refractivity contribution is -0.154. The van der Waals surface area contributed by atoms with Gasteiger partial charge in [-0.05, 0) is 36.1 Å². The quantitative estimate of drug-likeness (QED) is 0.422. The minimum absolute atomic E-state index is 0.0733. The van der Waals surface area contributed by atoms with Crippen molar-refractivity contribution in [1.29, 1.82) is 0 Å². The van der Waals surface area contributed by atoms with Crippen LogP contribution in [0.25, 0.3) is 0 Å². The predicted molar refractivity (Wildman–Crippen MR) is 138 cm³/mol. The highest BCUT2D eigenvalue weighted by Gasteiger charge is 2.44. The fourth-order valence-electron chi connectivity index (χ4n) is 4.38. The first kappa shape index (κ1) is 25.5. The number of carbonyl (C=O) groups excluding carboxylic acids is 2. The molecule has 0 fully saturated rings. The van der Waals surface area contributed by atoms with E-state index in [1.54, 1.807) is 18.2 Å². The first-order valence-corrected chi connectivity index (χ1v) is 12.6. The number of anilines is 1. The third-order valence-corrected chi connectivity index (χ3v) is 7.33. The van der Waals surface area contributed by atoms with Gasteiger partial charge >= 0.3 is 11.9 Å². The Balaban J connectivity index is 1.65. The molecule has 0 saturated carbocycles. The van der Waals surface area contributed by atoms with Crippen molar-refractivity contribution in [1.82, 2.24) is 0 Å². The molecule has 4 rings (SSSR count). The van der Waals surface area contributed by atoms with E-state index in [-0.39, 0.29) is 6.61 Å². The Labute approximate surface area is 214 Å². The molecule has 186 valence electrons. The molecule has 3 aromatic carbocycles. The van der Waals surface area contributed by atoms with E-state index in [9.17, 15) is 19.5 Å². The molecule has 2 unspecified atom stereocenters. The molecule has 0 radical (unpaired) electrons. The Hall–Kier alpha value is -3.62. The number of fused-ring (bicyclic) bond motifs is 1. The molecule has 3 aromatic rings. The van der Waals surface area contributed by atoms with Crippen molar-refractivity contribution in [2.24, 2.45) is 17.6 Å². The number of esters is 1. The molecule has 1 aliphatic heterocycles. The number of aliphatic carboxylic acids is 1. The Kier molecular flexibility index (Phi) is 8.40. The van der Waals surface area contributed by atoms with E-state index >= 15 is 0 Å². The molecule has 7 nitrogen and oxygen atoms in total. The molecule has 1 heterocycles.